The molecule has 3 aliphatic heterocycles. The van der Waals surface area contributed by atoms with E-state index in [1.165, 1.54) is 5.56 Å². The zero-order valence-corrected chi connectivity index (χ0v) is 16.3. The number of hydrogen-bond acceptors (Lipinski definition) is 5. The topological polar surface area (TPSA) is 95.7 Å². The van der Waals surface area contributed by atoms with Crippen LogP contribution in [0, 0.1) is 5.92 Å². The van der Waals surface area contributed by atoms with Crippen LogP contribution >= 0.6 is 0 Å². The molecule has 0 bridgehead atoms. The first-order chi connectivity index (χ1) is 13.5. The van der Waals surface area contributed by atoms with Gasteiger partial charge in [0.25, 0.3) is 5.91 Å². The lowest BCUT2D eigenvalue weighted by molar-refractivity contribution is -0.136. The molecule has 150 valence electrons. The Balaban J connectivity index is 1.45. The summed E-state index contributed by atoms with van der Waals surface area (Å²) in [6.07, 6.45) is 2.93. The van der Waals surface area contributed by atoms with Crippen LogP contribution in [0.3, 0.4) is 0 Å². The average Bonchev–Trinajstić information content (AvgIpc) is 2.99. The first kappa shape index (κ1) is 19.1. The Morgan fingerprint density at radius 1 is 1.21 bits per heavy atom. The molecule has 3 heterocycles. The van der Waals surface area contributed by atoms with Crippen LogP contribution in [0.25, 0.3) is 0 Å². The summed E-state index contributed by atoms with van der Waals surface area (Å²) in [6.45, 7) is 5.34. The van der Waals surface area contributed by atoms with Crippen LogP contribution in [0.4, 0.5) is 0 Å². The molecule has 2 fully saturated rings. The molecular formula is C21H28N4O3. The largest absolute Gasteiger partial charge is 0.330 e. The maximum Gasteiger partial charge on any atom is 0.255 e. The van der Waals surface area contributed by atoms with Gasteiger partial charge in [0.15, 0.2) is 0 Å². The molecule has 0 aliphatic carbocycles. The van der Waals surface area contributed by atoms with E-state index in [4.69, 9.17) is 5.73 Å². The summed E-state index contributed by atoms with van der Waals surface area (Å²) in [5, 5.41) is 2.34. The van der Waals surface area contributed by atoms with Crippen LogP contribution in [0.5, 0.6) is 0 Å². The number of rotatable bonds is 4. The second kappa shape index (κ2) is 7.64. The first-order valence-electron chi connectivity index (χ1n) is 10.2. The third-order valence-electron chi connectivity index (χ3n) is 6.43. The molecule has 1 unspecified atom stereocenters. The van der Waals surface area contributed by atoms with Crippen molar-refractivity contribution in [3.63, 3.8) is 0 Å². The minimum Gasteiger partial charge on any atom is -0.330 e. The van der Waals surface area contributed by atoms with E-state index in [-0.39, 0.29) is 24.1 Å². The standard InChI is InChI=1S/C21H28N4O3/c1-13-8-14(10-22)6-7-24(13)11-15-2-3-17-16(9-15)12-25(21(17)28)18-4-5-19(26)23-20(18)27/h2-3,9,13-14,18H,4-8,10-12,22H2,1H3,(H,23,26,27)/t13-,14+,18?/m1/s1. The molecule has 7 heteroatoms. The van der Waals surface area contributed by atoms with Gasteiger partial charge in [-0.1, -0.05) is 12.1 Å². The second-order valence-electron chi connectivity index (χ2n) is 8.34. The number of carbonyl (C=O) groups is 3. The molecule has 1 aromatic carbocycles. The number of nitrogens with zero attached hydrogens (tertiary/aromatic N) is 2. The van der Waals surface area contributed by atoms with E-state index in [1.54, 1.807) is 4.90 Å². The van der Waals surface area contributed by atoms with Gasteiger partial charge in [0.05, 0.1) is 0 Å². The molecule has 3 aliphatic rings. The Kier molecular flexibility index (Phi) is 5.21. The van der Waals surface area contributed by atoms with Crippen molar-refractivity contribution in [2.24, 2.45) is 11.7 Å². The zero-order valence-electron chi connectivity index (χ0n) is 16.3. The lowest BCUT2D eigenvalue weighted by Crippen LogP contribution is -2.52. The van der Waals surface area contributed by atoms with Crippen molar-refractivity contribution in [1.82, 2.24) is 15.1 Å². The Labute approximate surface area is 165 Å². The number of hydrogen-bond donors (Lipinski definition) is 2. The van der Waals surface area contributed by atoms with Gasteiger partial charge in [-0.3, -0.25) is 24.6 Å². The van der Waals surface area contributed by atoms with Gasteiger partial charge < -0.3 is 10.6 Å². The molecule has 7 nitrogen and oxygen atoms in total. The summed E-state index contributed by atoms with van der Waals surface area (Å²) in [7, 11) is 0. The summed E-state index contributed by atoms with van der Waals surface area (Å²) in [5.74, 6) is -0.131. The third kappa shape index (κ3) is 3.56. The van der Waals surface area contributed by atoms with Crippen molar-refractivity contribution >= 4 is 17.7 Å². The van der Waals surface area contributed by atoms with Gasteiger partial charge in [0.2, 0.25) is 11.8 Å². The van der Waals surface area contributed by atoms with E-state index in [1.807, 2.05) is 12.1 Å². The minimum absolute atomic E-state index is 0.117. The smallest absolute Gasteiger partial charge is 0.255 e. The van der Waals surface area contributed by atoms with Crippen LogP contribution in [0.2, 0.25) is 0 Å². The molecule has 4 rings (SSSR count). The summed E-state index contributed by atoms with van der Waals surface area (Å²) >= 11 is 0. The number of benzene rings is 1. The number of fused-ring (bicyclic) bond motifs is 1. The van der Waals surface area contributed by atoms with Crippen molar-refractivity contribution in [3.8, 4) is 0 Å². The van der Waals surface area contributed by atoms with Crippen molar-refractivity contribution in [2.45, 2.75) is 57.8 Å². The van der Waals surface area contributed by atoms with E-state index in [9.17, 15) is 14.4 Å². The molecule has 1 aromatic rings. The normalized spacial score (nSPS) is 28.4. The maximum absolute atomic E-state index is 12.8. The number of carbonyl (C=O) groups excluding carboxylic acids is 3. The van der Waals surface area contributed by atoms with Gasteiger partial charge in [-0.25, -0.2) is 0 Å². The molecule has 0 radical (unpaired) electrons. The Morgan fingerprint density at radius 2 is 2.04 bits per heavy atom. The quantitative estimate of drug-likeness (QED) is 0.756. The average molecular weight is 384 g/mol. The zero-order chi connectivity index (χ0) is 19.8. The van der Waals surface area contributed by atoms with Crippen LogP contribution in [0.1, 0.15) is 54.1 Å². The Bertz CT molecular complexity index is 809. The van der Waals surface area contributed by atoms with Crippen LogP contribution in [-0.4, -0.2) is 52.7 Å². The summed E-state index contributed by atoms with van der Waals surface area (Å²) in [5.41, 5.74) is 8.66. The fraction of sp³-hybridized carbons (Fsp3) is 0.571. The van der Waals surface area contributed by atoms with Gasteiger partial charge in [-0.2, -0.15) is 0 Å². The van der Waals surface area contributed by atoms with Crippen molar-refractivity contribution in [1.29, 1.82) is 0 Å². The van der Waals surface area contributed by atoms with Crippen molar-refractivity contribution in [2.75, 3.05) is 13.1 Å². The van der Waals surface area contributed by atoms with Gasteiger partial charge in [-0.05, 0) is 62.4 Å². The van der Waals surface area contributed by atoms with E-state index >= 15 is 0 Å². The maximum atomic E-state index is 12.8. The number of piperidine rings is 2. The van der Waals surface area contributed by atoms with Gasteiger partial charge >= 0.3 is 0 Å². The molecule has 3 amide bonds. The number of imide groups is 1. The van der Waals surface area contributed by atoms with E-state index in [2.05, 4.69) is 23.2 Å². The number of nitrogens with two attached hydrogens (primary N) is 1. The Morgan fingerprint density at radius 3 is 2.75 bits per heavy atom. The predicted molar refractivity (Wildman–Crippen MR) is 104 cm³/mol. The molecule has 0 aromatic heterocycles. The molecule has 28 heavy (non-hydrogen) atoms. The second-order valence-corrected chi connectivity index (χ2v) is 8.34. The minimum atomic E-state index is -0.559. The Hall–Kier alpha value is -2.25. The van der Waals surface area contributed by atoms with Crippen LogP contribution < -0.4 is 11.1 Å². The van der Waals surface area contributed by atoms with Crippen molar-refractivity contribution in [3.05, 3.63) is 34.9 Å². The predicted octanol–water partition coefficient (Wildman–Crippen LogP) is 1.01. The van der Waals surface area contributed by atoms with Gasteiger partial charge in [0.1, 0.15) is 6.04 Å². The highest BCUT2D eigenvalue weighted by atomic mass is 16.2. The SMILES string of the molecule is C[C@@H]1C[C@@H](CN)CCN1Cc1ccc2c(c1)CN(C1CCC(=O)NC1=O)C2=O. The molecule has 2 saturated heterocycles. The highest BCUT2D eigenvalue weighted by Crippen LogP contribution is 2.29. The summed E-state index contributed by atoms with van der Waals surface area (Å²) < 4.78 is 0. The van der Waals surface area contributed by atoms with Gasteiger partial charge in [0, 0.05) is 31.1 Å². The fourth-order valence-corrected chi connectivity index (χ4v) is 4.73. The molecule has 0 spiro atoms. The van der Waals surface area contributed by atoms with Crippen LogP contribution in [0.15, 0.2) is 18.2 Å². The highest BCUT2D eigenvalue weighted by molar-refractivity contribution is 6.05. The fourth-order valence-electron chi connectivity index (χ4n) is 4.73. The number of nitrogens with one attached hydrogen (secondary N) is 1. The van der Waals surface area contributed by atoms with E-state index in [0.717, 1.165) is 38.0 Å². The monoisotopic (exact) mass is 384 g/mol. The van der Waals surface area contributed by atoms with E-state index in [0.29, 0.717) is 30.5 Å². The molecule has 3 atom stereocenters. The summed E-state index contributed by atoms with van der Waals surface area (Å²) in [4.78, 5) is 40.4. The lowest BCUT2D eigenvalue weighted by atomic mass is 9.91. The van der Waals surface area contributed by atoms with Crippen LogP contribution in [-0.2, 0) is 22.7 Å². The van der Waals surface area contributed by atoms with Gasteiger partial charge in [-0.15, -0.1) is 0 Å². The third-order valence-corrected chi connectivity index (χ3v) is 6.43. The van der Waals surface area contributed by atoms with Crippen molar-refractivity contribution < 1.29 is 14.4 Å². The molecular weight excluding hydrogens is 356 g/mol. The number of amides is 3. The summed E-state index contributed by atoms with van der Waals surface area (Å²) in [6, 6.07) is 5.94. The number of likely N-dealkylation sites (tertiary alicyclic amines) is 1. The van der Waals surface area contributed by atoms with E-state index < -0.39 is 6.04 Å². The molecule has 3 N–H and O–H groups in total. The lowest BCUT2D eigenvalue weighted by Gasteiger charge is -2.37. The first-order valence-corrected chi connectivity index (χ1v) is 10.2. The molecule has 0 saturated carbocycles. The highest BCUT2D eigenvalue weighted by Gasteiger charge is 2.39.